The maximum atomic E-state index is 13.3. The number of hydrogen-bond acceptors (Lipinski definition) is 5. The number of halogens is 2. The molecule has 0 bridgehead atoms. The van der Waals surface area contributed by atoms with Gasteiger partial charge >= 0.3 is 5.88 Å². The predicted molar refractivity (Wildman–Crippen MR) is 117 cm³/mol. The zero-order valence-electron chi connectivity index (χ0n) is 14.6. The van der Waals surface area contributed by atoms with Crippen LogP contribution in [0.2, 0.25) is 0 Å². The molecule has 0 aliphatic heterocycles. The van der Waals surface area contributed by atoms with Crippen LogP contribution in [0.25, 0.3) is 28.7 Å². The minimum absolute atomic E-state index is 0.237. The molecular weight excluding hydrogens is 506 g/mol. The van der Waals surface area contributed by atoms with Gasteiger partial charge in [-0.15, -0.1) is 0 Å². The Morgan fingerprint density at radius 3 is 2.62 bits per heavy atom. The third-order valence-corrected chi connectivity index (χ3v) is 5.30. The number of nitrogens with zero attached hydrogens (tertiary/aromatic N) is 3. The summed E-state index contributed by atoms with van der Waals surface area (Å²) >= 11 is 6.92. The van der Waals surface area contributed by atoms with Crippen molar-refractivity contribution >= 4 is 60.8 Å². The number of hydrogen-bond donors (Lipinski definition) is 0. The van der Waals surface area contributed by atoms with E-state index in [1.807, 2.05) is 12.1 Å². The Kier molecular flexibility index (Phi) is 5.16. The zero-order valence-corrected chi connectivity index (χ0v) is 17.8. The van der Waals surface area contributed by atoms with Crippen LogP contribution in [-0.2, 0) is 0 Å². The van der Waals surface area contributed by atoms with Crippen LogP contribution in [-0.4, -0.2) is 14.5 Å². The average Bonchev–Trinajstić information content (AvgIpc) is 3.18. The van der Waals surface area contributed by atoms with Crippen LogP contribution in [0.5, 0.6) is 0 Å². The highest BCUT2D eigenvalue weighted by Crippen LogP contribution is 2.26. The first-order chi connectivity index (χ1) is 13.9. The summed E-state index contributed by atoms with van der Waals surface area (Å²) in [7, 11) is 0. The van der Waals surface area contributed by atoms with E-state index in [-0.39, 0.29) is 17.2 Å². The molecule has 0 N–H and O–H groups in total. The minimum Gasteiger partial charge on any atom is -0.401 e. The van der Waals surface area contributed by atoms with E-state index in [2.05, 4.69) is 36.8 Å². The molecule has 0 unspecified atom stereocenters. The molecular formula is C20H11Br2N3O4. The van der Waals surface area contributed by atoms with Gasteiger partial charge in [-0.2, -0.15) is 0 Å². The van der Waals surface area contributed by atoms with Gasteiger partial charge in [-0.1, -0.05) is 28.1 Å². The molecule has 144 valence electrons. The van der Waals surface area contributed by atoms with Gasteiger partial charge in [-0.05, 0) is 64.5 Å². The predicted octanol–water partition coefficient (Wildman–Crippen LogP) is 5.58. The molecule has 9 heteroatoms. The molecule has 0 aliphatic rings. The van der Waals surface area contributed by atoms with E-state index in [0.717, 1.165) is 4.47 Å². The lowest BCUT2D eigenvalue weighted by atomic mass is 10.2. The maximum Gasteiger partial charge on any atom is 0.433 e. The number of rotatable bonds is 4. The standard InChI is InChI=1S/C20H11Br2N3O4/c21-12-5-8-15(22)17(11-12)24-18(9-6-13-7-10-19(29-13)25(27)28)23-16-4-2-1-3-14(16)20(24)26/h1-11H. The number of para-hydroxylation sites is 1. The molecule has 0 saturated carbocycles. The highest BCUT2D eigenvalue weighted by Gasteiger charge is 2.15. The maximum absolute atomic E-state index is 13.3. The van der Waals surface area contributed by atoms with Crippen molar-refractivity contribution in [1.82, 2.24) is 9.55 Å². The molecule has 0 saturated heterocycles. The molecule has 2 heterocycles. The number of fused-ring (bicyclic) bond motifs is 1. The largest absolute Gasteiger partial charge is 0.433 e. The van der Waals surface area contributed by atoms with Gasteiger partial charge in [-0.25, -0.2) is 4.98 Å². The van der Waals surface area contributed by atoms with Gasteiger partial charge < -0.3 is 4.42 Å². The molecule has 4 aromatic rings. The Morgan fingerprint density at radius 2 is 1.86 bits per heavy atom. The van der Waals surface area contributed by atoms with Crippen molar-refractivity contribution in [3.05, 3.63) is 95.6 Å². The van der Waals surface area contributed by atoms with Crippen LogP contribution in [0, 0.1) is 10.1 Å². The topological polar surface area (TPSA) is 91.2 Å². The number of benzene rings is 2. The van der Waals surface area contributed by atoms with E-state index < -0.39 is 4.92 Å². The van der Waals surface area contributed by atoms with E-state index in [9.17, 15) is 14.9 Å². The normalized spacial score (nSPS) is 11.4. The molecule has 4 rings (SSSR count). The third kappa shape index (κ3) is 3.79. The van der Waals surface area contributed by atoms with Gasteiger partial charge in [0.2, 0.25) is 0 Å². The molecule has 0 aliphatic carbocycles. The highest BCUT2D eigenvalue weighted by atomic mass is 79.9. The fourth-order valence-corrected chi connectivity index (χ4v) is 3.61. The summed E-state index contributed by atoms with van der Waals surface area (Å²) in [5, 5.41) is 11.3. The van der Waals surface area contributed by atoms with Gasteiger partial charge in [0.1, 0.15) is 16.5 Å². The van der Waals surface area contributed by atoms with Crippen LogP contribution < -0.4 is 5.56 Å². The van der Waals surface area contributed by atoms with Crippen molar-refractivity contribution in [3.8, 4) is 5.69 Å². The number of aromatic nitrogens is 2. The van der Waals surface area contributed by atoms with Crippen molar-refractivity contribution in [3.63, 3.8) is 0 Å². The molecule has 0 spiro atoms. The number of furan rings is 1. The van der Waals surface area contributed by atoms with Crippen LogP contribution in [0.1, 0.15) is 11.6 Å². The second-order valence-electron chi connectivity index (χ2n) is 5.99. The first kappa shape index (κ1) is 19.3. The lowest BCUT2D eigenvalue weighted by molar-refractivity contribution is -0.402. The minimum atomic E-state index is -0.611. The van der Waals surface area contributed by atoms with Crippen molar-refractivity contribution < 1.29 is 9.34 Å². The first-order valence-corrected chi connectivity index (χ1v) is 9.92. The average molecular weight is 517 g/mol. The second-order valence-corrected chi connectivity index (χ2v) is 7.76. The molecule has 2 aromatic carbocycles. The molecule has 0 radical (unpaired) electrons. The van der Waals surface area contributed by atoms with Gasteiger partial charge in [0.15, 0.2) is 0 Å². The molecule has 29 heavy (non-hydrogen) atoms. The third-order valence-electron chi connectivity index (χ3n) is 4.14. The van der Waals surface area contributed by atoms with Gasteiger partial charge in [0.25, 0.3) is 5.56 Å². The van der Waals surface area contributed by atoms with Crippen LogP contribution in [0.4, 0.5) is 5.88 Å². The molecule has 0 amide bonds. The Labute approximate surface area is 180 Å². The van der Waals surface area contributed by atoms with Crippen molar-refractivity contribution in [2.75, 3.05) is 0 Å². The SMILES string of the molecule is O=c1c2ccccc2nc(C=Cc2ccc([N+](=O)[O-])o2)n1-c1cc(Br)ccc1Br. The zero-order chi connectivity index (χ0) is 20.5. The van der Waals surface area contributed by atoms with Crippen molar-refractivity contribution in [2.45, 2.75) is 0 Å². The summed E-state index contributed by atoms with van der Waals surface area (Å²) < 4.78 is 8.14. The smallest absolute Gasteiger partial charge is 0.401 e. The summed E-state index contributed by atoms with van der Waals surface area (Å²) in [4.78, 5) is 28.1. The monoisotopic (exact) mass is 515 g/mol. The van der Waals surface area contributed by atoms with E-state index in [1.54, 1.807) is 36.4 Å². The summed E-state index contributed by atoms with van der Waals surface area (Å²) in [6, 6.07) is 15.3. The molecule has 7 nitrogen and oxygen atoms in total. The van der Waals surface area contributed by atoms with Crippen LogP contribution in [0.15, 0.2) is 72.8 Å². The molecule has 0 fully saturated rings. The summed E-state index contributed by atoms with van der Waals surface area (Å²) in [5.74, 6) is 0.272. The Bertz CT molecular complexity index is 1340. The lowest BCUT2D eigenvalue weighted by Gasteiger charge is -2.13. The highest BCUT2D eigenvalue weighted by molar-refractivity contribution is 9.11. The number of nitro groups is 1. The Hall–Kier alpha value is -3.04. The second kappa shape index (κ2) is 7.76. The van der Waals surface area contributed by atoms with E-state index in [0.29, 0.717) is 26.9 Å². The van der Waals surface area contributed by atoms with E-state index in [1.165, 1.54) is 22.8 Å². The van der Waals surface area contributed by atoms with E-state index in [4.69, 9.17) is 4.42 Å². The molecule has 0 atom stereocenters. The Morgan fingerprint density at radius 1 is 1.07 bits per heavy atom. The van der Waals surface area contributed by atoms with Crippen LogP contribution >= 0.6 is 31.9 Å². The fraction of sp³-hybridized carbons (Fsp3) is 0. The van der Waals surface area contributed by atoms with Crippen molar-refractivity contribution in [1.29, 1.82) is 0 Å². The van der Waals surface area contributed by atoms with E-state index >= 15 is 0 Å². The van der Waals surface area contributed by atoms with Gasteiger partial charge in [0.05, 0.1) is 22.7 Å². The fourth-order valence-electron chi connectivity index (χ4n) is 2.84. The van der Waals surface area contributed by atoms with Crippen LogP contribution in [0.3, 0.4) is 0 Å². The summed E-state index contributed by atoms with van der Waals surface area (Å²) in [6.07, 6.45) is 3.12. The molecule has 2 aromatic heterocycles. The summed E-state index contributed by atoms with van der Waals surface area (Å²) in [5.41, 5.74) is 0.914. The first-order valence-electron chi connectivity index (χ1n) is 8.33. The van der Waals surface area contributed by atoms with Gasteiger partial charge in [0, 0.05) is 8.95 Å². The Balaban J connectivity index is 1.94. The van der Waals surface area contributed by atoms with Gasteiger partial charge in [-0.3, -0.25) is 19.5 Å². The summed E-state index contributed by atoms with van der Waals surface area (Å²) in [6.45, 7) is 0. The quantitative estimate of drug-likeness (QED) is 0.261. The van der Waals surface area contributed by atoms with Crippen molar-refractivity contribution in [2.24, 2.45) is 0 Å². The lowest BCUT2D eigenvalue weighted by Crippen LogP contribution is -2.22.